The predicted molar refractivity (Wildman–Crippen MR) is 170 cm³/mol. The average Bonchev–Trinajstić information content (AvgIpc) is 3.48. The number of carbonyl (C=O) groups excluding carboxylic acids is 1. The number of aromatic nitrogens is 1. The van der Waals surface area contributed by atoms with Crippen molar-refractivity contribution in [3.05, 3.63) is 130 Å². The quantitative estimate of drug-likeness (QED) is 0.171. The Morgan fingerprint density at radius 3 is 2.29 bits per heavy atom. The molecule has 1 aliphatic heterocycles. The van der Waals surface area contributed by atoms with E-state index in [2.05, 4.69) is 111 Å². The summed E-state index contributed by atoms with van der Waals surface area (Å²) in [6, 6.07) is 30.9. The normalized spacial score (nSPS) is 16.0. The molecule has 0 radical (unpaired) electrons. The average molecular weight is 559 g/mol. The first kappa shape index (κ1) is 27.6. The van der Waals surface area contributed by atoms with Gasteiger partial charge in [-0.15, -0.1) is 0 Å². The minimum Gasteiger partial charge on any atom is -0.488 e. The molecule has 1 aliphatic rings. The van der Waals surface area contributed by atoms with E-state index in [4.69, 9.17) is 9.47 Å². The molecule has 1 atom stereocenters. The van der Waals surface area contributed by atoms with Gasteiger partial charge in [0.05, 0.1) is 5.56 Å². The van der Waals surface area contributed by atoms with E-state index in [1.165, 1.54) is 5.56 Å². The Morgan fingerprint density at radius 1 is 0.833 bits per heavy atom. The van der Waals surface area contributed by atoms with Crippen molar-refractivity contribution in [1.29, 1.82) is 0 Å². The largest absolute Gasteiger partial charge is 0.488 e. The second-order valence-electron chi connectivity index (χ2n) is 11.0. The summed E-state index contributed by atoms with van der Waals surface area (Å²) in [6.45, 7) is 13.6. The van der Waals surface area contributed by atoms with Crippen LogP contribution in [0.15, 0.2) is 91.0 Å². The third kappa shape index (κ3) is 4.35. The first-order valence-corrected chi connectivity index (χ1v) is 14.9. The molecule has 1 unspecified atom stereocenters. The lowest BCUT2D eigenvalue weighted by molar-refractivity contribution is 0.0245. The summed E-state index contributed by atoms with van der Waals surface area (Å²) in [5.74, 6) is 0.382. The predicted octanol–water partition coefficient (Wildman–Crippen LogP) is 8.17. The highest BCUT2D eigenvalue weighted by Gasteiger charge is 2.52. The summed E-state index contributed by atoms with van der Waals surface area (Å²) in [7, 11) is 0. The lowest BCUT2D eigenvalue weighted by atomic mass is 9.78. The molecule has 5 heteroatoms. The maximum atomic E-state index is 13.7. The van der Waals surface area contributed by atoms with Gasteiger partial charge in [-0.25, -0.2) is 4.79 Å². The second kappa shape index (κ2) is 11.1. The third-order valence-electron chi connectivity index (χ3n) is 8.66. The zero-order valence-electron chi connectivity index (χ0n) is 25.1. The van der Waals surface area contributed by atoms with Crippen LogP contribution in [0.2, 0.25) is 0 Å². The molecule has 5 aromatic rings. The molecule has 2 heterocycles. The van der Waals surface area contributed by atoms with Gasteiger partial charge >= 0.3 is 5.97 Å². The van der Waals surface area contributed by atoms with Gasteiger partial charge in [0.15, 0.2) is 5.60 Å². The number of aryl methyl sites for hydroxylation is 2. The number of para-hydroxylation sites is 1. The molecular formula is C37H38N2O3. The Balaban J connectivity index is 1.65. The van der Waals surface area contributed by atoms with Gasteiger partial charge in [-0.2, -0.15) is 0 Å². The van der Waals surface area contributed by atoms with Crippen LogP contribution in [0.25, 0.3) is 10.9 Å². The van der Waals surface area contributed by atoms with Crippen LogP contribution >= 0.6 is 0 Å². The maximum Gasteiger partial charge on any atom is 0.340 e. The molecule has 6 rings (SSSR count). The van der Waals surface area contributed by atoms with E-state index in [-0.39, 0.29) is 5.97 Å². The molecule has 214 valence electrons. The summed E-state index contributed by atoms with van der Waals surface area (Å²) < 4.78 is 15.7. The molecular weight excluding hydrogens is 520 g/mol. The number of rotatable bonds is 9. The van der Waals surface area contributed by atoms with Crippen molar-refractivity contribution in [3.8, 4) is 5.75 Å². The molecule has 0 aliphatic carbocycles. The molecule has 0 bridgehead atoms. The van der Waals surface area contributed by atoms with Gasteiger partial charge in [0, 0.05) is 64.7 Å². The summed E-state index contributed by atoms with van der Waals surface area (Å²) in [5, 5.41) is 1.07. The number of ether oxygens (including phenoxy) is 2. The monoisotopic (exact) mass is 558 g/mol. The highest BCUT2D eigenvalue weighted by Crippen LogP contribution is 2.53. The Kier molecular flexibility index (Phi) is 7.28. The molecule has 0 amide bonds. The van der Waals surface area contributed by atoms with Crippen molar-refractivity contribution in [3.63, 3.8) is 0 Å². The topological polar surface area (TPSA) is 43.7 Å². The first-order valence-electron chi connectivity index (χ1n) is 14.9. The number of hydrogen-bond acceptors (Lipinski definition) is 4. The van der Waals surface area contributed by atoms with E-state index >= 15 is 0 Å². The Hall–Kier alpha value is -4.51. The highest BCUT2D eigenvalue weighted by molar-refractivity contribution is 5.99. The van der Waals surface area contributed by atoms with E-state index in [0.29, 0.717) is 17.9 Å². The Bertz CT molecular complexity index is 1760. The van der Waals surface area contributed by atoms with Gasteiger partial charge < -0.3 is 18.9 Å². The van der Waals surface area contributed by atoms with Gasteiger partial charge in [0.2, 0.25) is 0 Å². The van der Waals surface area contributed by atoms with E-state index in [9.17, 15) is 4.79 Å². The number of benzene rings is 4. The minimum absolute atomic E-state index is 0.323. The smallest absolute Gasteiger partial charge is 0.340 e. The standard InChI is InChI=1S/C37H38N2O3/c1-6-38(7-2)28-21-22-32(34(23-28)41-24-27-19-17-25(4)18-20-27)37(31-15-11-9-13-29(31)36(40)42-37)35-26(5)39(8-3)33-16-12-10-14-30(33)35/h9-23H,6-8,24H2,1-5H3. The number of anilines is 1. The molecule has 0 saturated carbocycles. The summed E-state index contributed by atoms with van der Waals surface area (Å²) >= 11 is 0. The first-order chi connectivity index (χ1) is 20.4. The van der Waals surface area contributed by atoms with E-state index in [1.54, 1.807) is 0 Å². The SMILES string of the molecule is CCN(CC)c1ccc(C2(c3c(C)n(CC)c4ccccc34)OC(=O)c3ccccc32)c(OCc2ccc(C)cc2)c1. The lowest BCUT2D eigenvalue weighted by Gasteiger charge is -2.33. The number of carbonyl (C=O) groups is 1. The molecule has 1 aromatic heterocycles. The second-order valence-corrected chi connectivity index (χ2v) is 11.0. The number of fused-ring (bicyclic) bond motifs is 2. The molecule has 42 heavy (non-hydrogen) atoms. The van der Waals surface area contributed by atoms with E-state index < -0.39 is 5.60 Å². The molecule has 0 fully saturated rings. The maximum absolute atomic E-state index is 13.7. The number of esters is 1. The molecule has 5 nitrogen and oxygen atoms in total. The van der Waals surface area contributed by atoms with Crippen molar-refractivity contribution >= 4 is 22.6 Å². The van der Waals surface area contributed by atoms with Gasteiger partial charge in [-0.05, 0) is 64.4 Å². The van der Waals surface area contributed by atoms with Crippen molar-refractivity contribution in [2.24, 2.45) is 0 Å². The summed E-state index contributed by atoms with van der Waals surface area (Å²) in [5.41, 5.74) is 7.60. The van der Waals surface area contributed by atoms with E-state index in [0.717, 1.165) is 64.2 Å². The van der Waals surface area contributed by atoms with Crippen LogP contribution in [0.1, 0.15) is 64.6 Å². The van der Waals surface area contributed by atoms with Crippen LogP contribution < -0.4 is 9.64 Å². The fourth-order valence-corrected chi connectivity index (χ4v) is 6.57. The Morgan fingerprint density at radius 2 is 1.55 bits per heavy atom. The number of hydrogen-bond donors (Lipinski definition) is 0. The van der Waals surface area contributed by atoms with E-state index in [1.807, 2.05) is 24.3 Å². The van der Waals surface area contributed by atoms with Crippen LogP contribution in [0.5, 0.6) is 5.75 Å². The van der Waals surface area contributed by atoms with Gasteiger partial charge in [-0.3, -0.25) is 0 Å². The molecule has 4 aromatic carbocycles. The van der Waals surface area contributed by atoms with Crippen molar-refractivity contribution < 1.29 is 14.3 Å². The van der Waals surface area contributed by atoms with Gasteiger partial charge in [0.25, 0.3) is 0 Å². The van der Waals surface area contributed by atoms with Crippen molar-refractivity contribution in [2.75, 3.05) is 18.0 Å². The van der Waals surface area contributed by atoms with Gasteiger partial charge in [0.1, 0.15) is 12.4 Å². The van der Waals surface area contributed by atoms with Crippen LogP contribution in [0, 0.1) is 13.8 Å². The van der Waals surface area contributed by atoms with Crippen molar-refractivity contribution in [1.82, 2.24) is 4.57 Å². The molecule has 0 saturated heterocycles. The van der Waals surface area contributed by atoms with Crippen LogP contribution in [0.3, 0.4) is 0 Å². The summed E-state index contributed by atoms with van der Waals surface area (Å²) in [6.07, 6.45) is 0. The summed E-state index contributed by atoms with van der Waals surface area (Å²) in [4.78, 5) is 16.0. The number of cyclic esters (lactones) is 1. The zero-order chi connectivity index (χ0) is 29.4. The molecule has 0 spiro atoms. The molecule has 0 N–H and O–H groups in total. The number of nitrogens with zero attached hydrogens (tertiary/aromatic N) is 2. The lowest BCUT2D eigenvalue weighted by Crippen LogP contribution is -2.31. The highest BCUT2D eigenvalue weighted by atomic mass is 16.6. The van der Waals surface area contributed by atoms with Crippen molar-refractivity contribution in [2.45, 2.75) is 53.4 Å². The van der Waals surface area contributed by atoms with Crippen LogP contribution in [0.4, 0.5) is 5.69 Å². The van der Waals surface area contributed by atoms with Gasteiger partial charge in [-0.1, -0.05) is 66.2 Å². The fraction of sp³-hybridized carbons (Fsp3) is 0.270. The fourth-order valence-electron chi connectivity index (χ4n) is 6.57. The Labute approximate surface area is 248 Å². The third-order valence-corrected chi connectivity index (χ3v) is 8.66. The van der Waals surface area contributed by atoms with Crippen LogP contribution in [-0.2, 0) is 23.5 Å². The van der Waals surface area contributed by atoms with Crippen LogP contribution in [-0.4, -0.2) is 23.6 Å². The minimum atomic E-state index is -1.18. The zero-order valence-corrected chi connectivity index (χ0v) is 25.1.